The van der Waals surface area contributed by atoms with Crippen LogP contribution in [-0.4, -0.2) is 83.9 Å². The van der Waals surface area contributed by atoms with Gasteiger partial charge in [0.1, 0.15) is 28.9 Å². The summed E-state index contributed by atoms with van der Waals surface area (Å²) in [6.45, 7) is 1.21. The van der Waals surface area contributed by atoms with Crippen molar-refractivity contribution < 1.29 is 34.4 Å². The Labute approximate surface area is 162 Å². The molecule has 0 aromatic carbocycles. The van der Waals surface area contributed by atoms with Gasteiger partial charge in [0.05, 0.1) is 25.3 Å². The van der Waals surface area contributed by atoms with Crippen molar-refractivity contribution in [3.63, 3.8) is 0 Å². The van der Waals surface area contributed by atoms with Crippen LogP contribution in [0.3, 0.4) is 0 Å². The Hall–Kier alpha value is -2.32. The van der Waals surface area contributed by atoms with Gasteiger partial charge in [-0.05, 0) is 6.92 Å². The number of imidazole rings is 1. The van der Waals surface area contributed by atoms with E-state index in [4.69, 9.17) is 10.5 Å². The molecule has 5 N–H and O–H groups in total. The lowest BCUT2D eigenvalue weighted by molar-refractivity contribution is -0.152. The summed E-state index contributed by atoms with van der Waals surface area (Å²) in [6.07, 6.45) is -3.32. The lowest BCUT2D eigenvalue weighted by Crippen LogP contribution is -2.33. The first-order valence-corrected chi connectivity index (χ1v) is 9.31. The standard InChI is InChI=1S/C15H19N5O7S/c1-2-26-14(25)6(22)4-28-12-8-11(18-15(16)19-12)20(5-17-8)13-10(24)9(23)7(3-21)27-13/h5,7,9-10,13,21,23-24H,2-4H2,1H3,(H2,16,18,19). The molecule has 28 heavy (non-hydrogen) atoms. The number of carbonyl (C=O) groups excluding carboxylic acids is 2. The predicted molar refractivity (Wildman–Crippen MR) is 95.1 cm³/mol. The number of nitrogen functional groups attached to an aromatic ring is 1. The highest BCUT2D eigenvalue weighted by atomic mass is 32.2. The maximum absolute atomic E-state index is 11.8. The van der Waals surface area contributed by atoms with Gasteiger partial charge in [0.15, 0.2) is 11.9 Å². The van der Waals surface area contributed by atoms with Gasteiger partial charge in [0.25, 0.3) is 0 Å². The van der Waals surface area contributed by atoms with E-state index in [1.165, 1.54) is 10.9 Å². The lowest BCUT2D eigenvalue weighted by atomic mass is 10.1. The van der Waals surface area contributed by atoms with Crippen molar-refractivity contribution >= 4 is 40.6 Å². The van der Waals surface area contributed by atoms with Crippen molar-refractivity contribution in [3.05, 3.63) is 6.33 Å². The number of hydrogen-bond acceptors (Lipinski definition) is 12. The Morgan fingerprint density at radius 2 is 2.11 bits per heavy atom. The van der Waals surface area contributed by atoms with Gasteiger partial charge in [0, 0.05) is 0 Å². The molecule has 0 amide bonds. The first-order valence-electron chi connectivity index (χ1n) is 8.32. The highest BCUT2D eigenvalue weighted by Crippen LogP contribution is 2.33. The van der Waals surface area contributed by atoms with Crippen molar-refractivity contribution in [3.8, 4) is 0 Å². The molecule has 0 saturated carbocycles. The minimum atomic E-state index is -1.33. The fourth-order valence-electron chi connectivity index (χ4n) is 2.71. The number of aromatic nitrogens is 4. The summed E-state index contributed by atoms with van der Waals surface area (Å²) in [5, 5.41) is 29.6. The van der Waals surface area contributed by atoms with Crippen LogP contribution in [0.2, 0.25) is 0 Å². The number of thioether (sulfide) groups is 1. The molecule has 0 aliphatic carbocycles. The molecular weight excluding hydrogens is 394 g/mol. The number of rotatable bonds is 7. The van der Waals surface area contributed by atoms with Crippen molar-refractivity contribution in [2.24, 2.45) is 0 Å². The van der Waals surface area contributed by atoms with E-state index in [1.54, 1.807) is 6.92 Å². The van der Waals surface area contributed by atoms with Gasteiger partial charge in [-0.3, -0.25) is 9.36 Å². The lowest BCUT2D eigenvalue weighted by Gasteiger charge is -2.16. The Bertz CT molecular complexity index is 891. The summed E-state index contributed by atoms with van der Waals surface area (Å²) in [4.78, 5) is 35.5. The second kappa shape index (κ2) is 8.36. The fourth-order valence-corrected chi connectivity index (χ4v) is 3.53. The largest absolute Gasteiger partial charge is 0.460 e. The van der Waals surface area contributed by atoms with Crippen molar-refractivity contribution in [1.82, 2.24) is 19.5 Å². The molecule has 1 aliphatic rings. The number of aliphatic hydroxyl groups excluding tert-OH is 3. The van der Waals surface area contributed by atoms with Crippen molar-refractivity contribution in [1.29, 1.82) is 0 Å². The zero-order chi connectivity index (χ0) is 20.4. The molecule has 1 saturated heterocycles. The molecule has 13 heteroatoms. The molecule has 2 aromatic heterocycles. The monoisotopic (exact) mass is 413 g/mol. The van der Waals surface area contributed by atoms with Crippen LogP contribution in [0, 0.1) is 0 Å². The predicted octanol–water partition coefficient (Wildman–Crippen LogP) is -1.76. The summed E-state index contributed by atoms with van der Waals surface area (Å²) < 4.78 is 11.5. The maximum Gasteiger partial charge on any atom is 0.375 e. The van der Waals surface area contributed by atoms with Crippen LogP contribution in [-0.2, 0) is 19.1 Å². The number of nitrogens with zero attached hydrogens (tertiary/aromatic N) is 4. The molecule has 152 valence electrons. The van der Waals surface area contributed by atoms with E-state index in [2.05, 4.69) is 19.7 Å². The first kappa shape index (κ1) is 20.4. The number of anilines is 1. The Kier molecular flexibility index (Phi) is 6.10. The van der Waals surface area contributed by atoms with Crippen LogP contribution in [0.25, 0.3) is 11.2 Å². The van der Waals surface area contributed by atoms with Gasteiger partial charge in [-0.15, -0.1) is 0 Å². The van der Waals surface area contributed by atoms with Crippen LogP contribution in [0.1, 0.15) is 13.2 Å². The van der Waals surface area contributed by atoms with E-state index in [-0.39, 0.29) is 34.5 Å². The van der Waals surface area contributed by atoms with Crippen LogP contribution < -0.4 is 5.73 Å². The van der Waals surface area contributed by atoms with Gasteiger partial charge in [0.2, 0.25) is 11.7 Å². The molecule has 3 heterocycles. The third-order valence-corrected chi connectivity index (χ3v) is 5.01. The van der Waals surface area contributed by atoms with Gasteiger partial charge < -0.3 is 30.5 Å². The summed E-state index contributed by atoms with van der Waals surface area (Å²) in [6, 6.07) is 0. The maximum atomic E-state index is 11.8. The third-order valence-electron chi connectivity index (χ3n) is 4.04. The Morgan fingerprint density at radius 3 is 2.75 bits per heavy atom. The van der Waals surface area contributed by atoms with Crippen LogP contribution >= 0.6 is 11.8 Å². The molecular formula is C15H19N5O7S. The molecule has 4 atom stereocenters. The van der Waals surface area contributed by atoms with Crippen molar-refractivity contribution in [2.75, 3.05) is 24.7 Å². The van der Waals surface area contributed by atoms with Gasteiger partial charge in [-0.2, -0.15) is 4.98 Å². The van der Waals surface area contributed by atoms with E-state index in [9.17, 15) is 24.9 Å². The number of aliphatic hydroxyl groups is 3. The van der Waals surface area contributed by atoms with Crippen LogP contribution in [0.15, 0.2) is 11.4 Å². The van der Waals surface area contributed by atoms with E-state index < -0.39 is 42.9 Å². The molecule has 1 fully saturated rings. The smallest absolute Gasteiger partial charge is 0.375 e. The minimum absolute atomic E-state index is 0.0920. The molecule has 1 aliphatic heterocycles. The average molecular weight is 413 g/mol. The molecule has 2 aromatic rings. The number of esters is 1. The molecule has 0 radical (unpaired) electrons. The number of hydrogen-bond donors (Lipinski definition) is 4. The SMILES string of the molecule is CCOC(=O)C(=O)CSc1nc(N)nc2c1ncn2C1OC(CO)C(O)C1O. The first-order chi connectivity index (χ1) is 13.4. The minimum Gasteiger partial charge on any atom is -0.460 e. The summed E-state index contributed by atoms with van der Waals surface area (Å²) in [5.41, 5.74) is 6.21. The van der Waals surface area contributed by atoms with E-state index in [0.717, 1.165) is 11.8 Å². The molecule has 4 unspecified atom stereocenters. The second-order valence-electron chi connectivity index (χ2n) is 5.87. The Balaban J connectivity index is 1.87. The van der Waals surface area contributed by atoms with Crippen LogP contribution in [0.4, 0.5) is 5.95 Å². The average Bonchev–Trinajstić information content (AvgIpc) is 3.21. The third kappa shape index (κ3) is 3.79. The van der Waals surface area contributed by atoms with E-state index >= 15 is 0 Å². The molecule has 12 nitrogen and oxygen atoms in total. The molecule has 3 rings (SSSR count). The second-order valence-corrected chi connectivity index (χ2v) is 6.84. The highest BCUT2D eigenvalue weighted by molar-refractivity contribution is 8.00. The van der Waals surface area contributed by atoms with Gasteiger partial charge >= 0.3 is 5.97 Å². The van der Waals surface area contributed by atoms with Crippen LogP contribution in [0.5, 0.6) is 0 Å². The normalized spacial score (nSPS) is 24.6. The van der Waals surface area contributed by atoms with Crippen molar-refractivity contribution in [2.45, 2.75) is 36.5 Å². The summed E-state index contributed by atoms with van der Waals surface area (Å²) >= 11 is 0.939. The highest BCUT2D eigenvalue weighted by Gasteiger charge is 2.44. The quantitative estimate of drug-likeness (QED) is 0.174. The summed E-state index contributed by atoms with van der Waals surface area (Å²) in [5.74, 6) is -2.03. The molecule has 0 bridgehead atoms. The number of Topliss-reactive ketones (excluding diaryl/α,β-unsaturated/α-hetero) is 1. The van der Waals surface area contributed by atoms with Gasteiger partial charge in [-0.25, -0.2) is 14.8 Å². The topological polar surface area (TPSA) is 183 Å². The van der Waals surface area contributed by atoms with E-state index in [1.807, 2.05) is 0 Å². The Morgan fingerprint density at radius 1 is 1.36 bits per heavy atom. The fraction of sp³-hybridized carbons (Fsp3) is 0.533. The van der Waals surface area contributed by atoms with Gasteiger partial charge in [-0.1, -0.05) is 11.8 Å². The number of fused-ring (bicyclic) bond motifs is 1. The number of ether oxygens (including phenoxy) is 2. The number of carbonyl (C=O) groups is 2. The van der Waals surface area contributed by atoms with E-state index in [0.29, 0.717) is 0 Å². The summed E-state index contributed by atoms with van der Waals surface area (Å²) in [7, 11) is 0. The zero-order valence-electron chi connectivity index (χ0n) is 14.8. The number of ketones is 1. The molecule has 0 spiro atoms. The zero-order valence-corrected chi connectivity index (χ0v) is 15.6. The number of nitrogens with two attached hydrogens (primary N) is 1.